The average molecular weight is 424 g/mol. The lowest BCUT2D eigenvalue weighted by molar-refractivity contribution is 0.262. The molecular formula is C19H13Cl2F2N3O2. The maximum absolute atomic E-state index is 13.6. The summed E-state index contributed by atoms with van der Waals surface area (Å²) in [5.41, 5.74) is -0.208. The minimum Gasteiger partial charge on any atom is -0.309 e. The van der Waals surface area contributed by atoms with Gasteiger partial charge in [-0.1, -0.05) is 29.3 Å². The number of nitrogens with one attached hydrogen (secondary N) is 2. The number of benzene rings is 2. The van der Waals surface area contributed by atoms with E-state index in [1.54, 1.807) is 24.3 Å². The van der Waals surface area contributed by atoms with Crippen LogP contribution in [-0.4, -0.2) is 10.6 Å². The number of nitrogens with zero attached hydrogens (tertiary/aromatic N) is 1. The summed E-state index contributed by atoms with van der Waals surface area (Å²) in [5.74, 6) is -1.71. The van der Waals surface area contributed by atoms with Gasteiger partial charge in [-0.3, -0.25) is 4.79 Å². The Balaban J connectivity index is 1.79. The van der Waals surface area contributed by atoms with Crippen molar-refractivity contribution in [1.29, 1.82) is 0 Å². The third-order valence-corrected chi connectivity index (χ3v) is 4.55. The zero-order chi connectivity index (χ0) is 20.3. The van der Waals surface area contributed by atoms with Crippen LogP contribution >= 0.6 is 23.2 Å². The Kier molecular flexibility index (Phi) is 5.96. The second-order valence-corrected chi connectivity index (χ2v) is 6.57. The number of hydrogen-bond acceptors (Lipinski definition) is 2. The van der Waals surface area contributed by atoms with Gasteiger partial charge in [0.1, 0.15) is 17.3 Å². The molecular weight excluding hydrogens is 411 g/mol. The maximum atomic E-state index is 13.6. The zero-order valence-corrected chi connectivity index (χ0v) is 15.7. The van der Waals surface area contributed by atoms with Crippen molar-refractivity contribution in [2.45, 2.75) is 6.54 Å². The molecule has 0 saturated heterocycles. The molecule has 5 nitrogen and oxygen atoms in total. The van der Waals surface area contributed by atoms with Gasteiger partial charge in [-0.05, 0) is 36.4 Å². The number of carbonyl (C=O) groups is 1. The number of carbonyl (C=O) groups excluding carboxylic acids is 1. The van der Waals surface area contributed by atoms with Gasteiger partial charge < -0.3 is 15.2 Å². The van der Waals surface area contributed by atoms with Gasteiger partial charge in [0.2, 0.25) is 0 Å². The molecule has 2 aromatic carbocycles. The number of amides is 2. The monoisotopic (exact) mass is 423 g/mol. The molecule has 0 aliphatic rings. The molecule has 3 aromatic rings. The van der Waals surface area contributed by atoms with Crippen molar-refractivity contribution >= 4 is 40.6 Å². The molecule has 1 aromatic heterocycles. The first kappa shape index (κ1) is 19.9. The SMILES string of the molecule is O=C(Nc1ccc(F)cc1F)Nc1cccn(Cc2c(Cl)cccc2Cl)c1=O. The van der Waals surface area contributed by atoms with Gasteiger partial charge in [-0.2, -0.15) is 0 Å². The molecule has 1 heterocycles. The first-order valence-electron chi connectivity index (χ1n) is 8.00. The standard InChI is InChI=1S/C19H13Cl2F2N3O2/c20-13-3-1-4-14(21)12(13)10-26-8-2-5-17(18(26)27)25-19(28)24-16-7-6-11(22)9-15(16)23/h1-9H,10H2,(H2,24,25,28). The summed E-state index contributed by atoms with van der Waals surface area (Å²) in [5, 5.41) is 5.37. The van der Waals surface area contributed by atoms with Gasteiger partial charge in [0.05, 0.1) is 12.2 Å². The van der Waals surface area contributed by atoms with Crippen molar-refractivity contribution in [3.05, 3.63) is 92.3 Å². The minimum atomic E-state index is -0.936. The predicted molar refractivity (Wildman–Crippen MR) is 105 cm³/mol. The lowest BCUT2D eigenvalue weighted by atomic mass is 10.2. The molecule has 2 amide bonds. The van der Waals surface area contributed by atoms with Crippen LogP contribution < -0.4 is 16.2 Å². The number of aromatic nitrogens is 1. The van der Waals surface area contributed by atoms with Crippen molar-refractivity contribution < 1.29 is 13.6 Å². The van der Waals surface area contributed by atoms with Crippen LogP contribution in [0.15, 0.2) is 59.5 Å². The van der Waals surface area contributed by atoms with Gasteiger partial charge in [0.25, 0.3) is 5.56 Å². The average Bonchev–Trinajstić information content (AvgIpc) is 2.63. The van der Waals surface area contributed by atoms with Crippen molar-refractivity contribution in [3.8, 4) is 0 Å². The highest BCUT2D eigenvalue weighted by molar-refractivity contribution is 6.35. The first-order chi connectivity index (χ1) is 13.3. The molecule has 0 aliphatic heterocycles. The third-order valence-electron chi connectivity index (χ3n) is 3.84. The summed E-state index contributed by atoms with van der Waals surface area (Å²) < 4.78 is 27.9. The topological polar surface area (TPSA) is 63.1 Å². The van der Waals surface area contributed by atoms with Crippen molar-refractivity contribution in [3.63, 3.8) is 0 Å². The molecule has 0 radical (unpaired) electrons. The molecule has 9 heteroatoms. The highest BCUT2D eigenvalue weighted by Crippen LogP contribution is 2.24. The number of halogens is 4. The lowest BCUT2D eigenvalue weighted by Crippen LogP contribution is -2.28. The first-order valence-corrected chi connectivity index (χ1v) is 8.76. The van der Waals surface area contributed by atoms with Crippen LogP contribution in [-0.2, 0) is 6.54 Å². The number of rotatable bonds is 4. The molecule has 0 saturated carbocycles. The van der Waals surface area contributed by atoms with Crippen molar-refractivity contribution in [2.24, 2.45) is 0 Å². The van der Waals surface area contributed by atoms with E-state index in [9.17, 15) is 18.4 Å². The second-order valence-electron chi connectivity index (χ2n) is 5.76. The molecule has 3 rings (SSSR count). The number of hydrogen-bond donors (Lipinski definition) is 2. The summed E-state index contributed by atoms with van der Waals surface area (Å²) in [6, 6.07) is 9.81. The molecule has 0 bridgehead atoms. The van der Waals surface area contributed by atoms with Crippen LogP contribution in [0.4, 0.5) is 25.0 Å². The van der Waals surface area contributed by atoms with E-state index in [0.717, 1.165) is 12.1 Å². The van der Waals surface area contributed by atoms with E-state index in [-0.39, 0.29) is 17.9 Å². The number of urea groups is 1. The molecule has 0 aliphatic carbocycles. The van der Waals surface area contributed by atoms with Crippen LogP contribution in [0.1, 0.15) is 5.56 Å². The summed E-state index contributed by atoms with van der Waals surface area (Å²) in [7, 11) is 0. The Morgan fingerprint density at radius 3 is 2.32 bits per heavy atom. The van der Waals surface area contributed by atoms with E-state index in [2.05, 4.69) is 10.6 Å². The predicted octanol–water partition coefficient (Wildman–Crippen LogP) is 5.13. The Labute approximate surface area is 168 Å². The fourth-order valence-corrected chi connectivity index (χ4v) is 2.99. The molecule has 0 unspecified atom stereocenters. The van der Waals surface area contributed by atoms with E-state index < -0.39 is 23.2 Å². The zero-order valence-electron chi connectivity index (χ0n) is 14.2. The van der Waals surface area contributed by atoms with Crippen LogP contribution in [0.2, 0.25) is 10.0 Å². The fraction of sp³-hybridized carbons (Fsp3) is 0.0526. The highest BCUT2D eigenvalue weighted by Gasteiger charge is 2.12. The Hall–Kier alpha value is -2.90. The Bertz CT molecular complexity index is 1080. The molecule has 28 heavy (non-hydrogen) atoms. The molecule has 0 spiro atoms. The normalized spacial score (nSPS) is 10.6. The molecule has 0 fully saturated rings. The lowest BCUT2D eigenvalue weighted by Gasteiger charge is -2.12. The smallest absolute Gasteiger partial charge is 0.309 e. The summed E-state index contributed by atoms with van der Waals surface area (Å²) in [6.45, 7) is 0.0983. The van der Waals surface area contributed by atoms with E-state index in [4.69, 9.17) is 23.2 Å². The van der Waals surface area contributed by atoms with Crippen LogP contribution in [0, 0.1) is 11.6 Å². The van der Waals surface area contributed by atoms with E-state index in [0.29, 0.717) is 21.7 Å². The van der Waals surface area contributed by atoms with Gasteiger partial charge in [-0.15, -0.1) is 0 Å². The van der Waals surface area contributed by atoms with Crippen molar-refractivity contribution in [2.75, 3.05) is 10.6 Å². The summed E-state index contributed by atoms with van der Waals surface area (Å²) in [6.07, 6.45) is 1.52. The molecule has 2 N–H and O–H groups in total. The van der Waals surface area contributed by atoms with Gasteiger partial charge >= 0.3 is 6.03 Å². The second kappa shape index (κ2) is 8.41. The number of anilines is 2. The minimum absolute atomic E-state index is 0.0364. The number of pyridine rings is 1. The van der Waals surface area contributed by atoms with Gasteiger partial charge in [0, 0.05) is 27.9 Å². The molecule has 0 atom stereocenters. The molecule has 144 valence electrons. The summed E-state index contributed by atoms with van der Waals surface area (Å²) in [4.78, 5) is 24.7. The maximum Gasteiger partial charge on any atom is 0.323 e. The van der Waals surface area contributed by atoms with E-state index in [1.807, 2.05) is 0 Å². The summed E-state index contributed by atoms with van der Waals surface area (Å²) >= 11 is 12.3. The highest BCUT2D eigenvalue weighted by atomic mass is 35.5. The quantitative estimate of drug-likeness (QED) is 0.611. The van der Waals surface area contributed by atoms with Gasteiger partial charge in [-0.25, -0.2) is 13.6 Å². The Morgan fingerprint density at radius 2 is 1.64 bits per heavy atom. The van der Waals surface area contributed by atoms with Crippen LogP contribution in [0.3, 0.4) is 0 Å². The Morgan fingerprint density at radius 1 is 0.964 bits per heavy atom. The van der Waals surface area contributed by atoms with E-state index in [1.165, 1.54) is 16.8 Å². The fourth-order valence-electron chi connectivity index (χ4n) is 2.48. The largest absolute Gasteiger partial charge is 0.323 e. The van der Waals surface area contributed by atoms with Gasteiger partial charge in [0.15, 0.2) is 0 Å². The third kappa shape index (κ3) is 4.49. The van der Waals surface area contributed by atoms with Crippen LogP contribution in [0.25, 0.3) is 0 Å². The van der Waals surface area contributed by atoms with Crippen LogP contribution in [0.5, 0.6) is 0 Å². The van der Waals surface area contributed by atoms with E-state index >= 15 is 0 Å². The van der Waals surface area contributed by atoms with Crippen molar-refractivity contribution in [1.82, 2.24) is 4.57 Å².